The number of hydrogen-bond donors (Lipinski definition) is 2. The molecule has 2 fully saturated rings. The third-order valence-corrected chi connectivity index (χ3v) is 7.80. The predicted molar refractivity (Wildman–Crippen MR) is 153 cm³/mol. The maximum absolute atomic E-state index is 12.8. The number of carbonyl (C=O) groups excluding carboxylic acids is 5. The van der Waals surface area contributed by atoms with E-state index in [4.69, 9.17) is 28.4 Å². The van der Waals surface area contributed by atoms with Gasteiger partial charge in [-0.05, 0) is 22.3 Å². The summed E-state index contributed by atoms with van der Waals surface area (Å²) in [5, 5.41) is 12.1. The van der Waals surface area contributed by atoms with Crippen LogP contribution in [0.4, 0.5) is 9.59 Å². The molecular weight excluding hydrogens is 608 g/mol. The number of alkyl carbamates (subject to hydrolysis) is 1. The van der Waals surface area contributed by atoms with Gasteiger partial charge in [0, 0.05) is 26.7 Å². The average Bonchev–Trinajstić information content (AvgIpc) is 3.53. The smallest absolute Gasteiger partial charge is 0.412 e. The number of piperidine rings is 1. The predicted octanol–water partition coefficient (Wildman–Crippen LogP) is 1.95. The van der Waals surface area contributed by atoms with E-state index in [2.05, 4.69) is 5.32 Å². The fourth-order valence-electron chi connectivity index (χ4n) is 6.03. The molecule has 0 spiro atoms. The molecule has 15 nitrogen and oxygen atoms in total. The summed E-state index contributed by atoms with van der Waals surface area (Å²) in [6.07, 6.45) is -7.88. The number of carbonyl (C=O) groups is 6. The van der Waals surface area contributed by atoms with E-state index in [1.54, 1.807) is 0 Å². The fourth-order valence-corrected chi connectivity index (χ4v) is 6.03. The molecule has 2 amide bonds. The SMILES string of the molecule is CC(=O)O[C@H]1[C@@H](OC(C)=O)[C@H]2COC(=O)N2[C@H](OC[C@H](NC(=O)OCC2c3ccccc3-c3ccccc32)C(=O)O)[C@@H]1OC(C)=O. The zero-order chi connectivity index (χ0) is 33.1. The highest BCUT2D eigenvalue weighted by Gasteiger charge is 2.60. The molecule has 2 saturated heterocycles. The van der Waals surface area contributed by atoms with Gasteiger partial charge in [0.1, 0.15) is 19.3 Å². The molecule has 5 rings (SSSR count). The molecule has 2 aliphatic heterocycles. The Kier molecular flexibility index (Phi) is 9.41. The number of fused-ring (bicyclic) bond motifs is 4. The normalized spacial score (nSPS) is 23.6. The molecule has 0 saturated carbocycles. The van der Waals surface area contributed by atoms with E-state index in [1.807, 2.05) is 48.5 Å². The first-order chi connectivity index (χ1) is 22.0. The lowest BCUT2D eigenvalue weighted by Crippen LogP contribution is -2.69. The van der Waals surface area contributed by atoms with E-state index in [0.717, 1.165) is 47.9 Å². The number of nitrogens with one attached hydrogen (secondary N) is 1. The number of ether oxygens (including phenoxy) is 6. The molecule has 2 N–H and O–H groups in total. The van der Waals surface area contributed by atoms with Crippen molar-refractivity contribution in [3.63, 3.8) is 0 Å². The van der Waals surface area contributed by atoms with Crippen molar-refractivity contribution in [1.82, 2.24) is 10.2 Å². The van der Waals surface area contributed by atoms with Crippen molar-refractivity contribution in [1.29, 1.82) is 0 Å². The Morgan fingerprint density at radius 1 is 0.870 bits per heavy atom. The van der Waals surface area contributed by atoms with Crippen molar-refractivity contribution in [2.45, 2.75) is 63.3 Å². The Morgan fingerprint density at radius 2 is 1.41 bits per heavy atom. The lowest BCUT2D eigenvalue weighted by molar-refractivity contribution is -0.239. The van der Waals surface area contributed by atoms with Crippen LogP contribution in [0.25, 0.3) is 11.1 Å². The van der Waals surface area contributed by atoms with Crippen LogP contribution in [0.3, 0.4) is 0 Å². The number of carboxylic acids is 1. The molecule has 3 aliphatic rings. The molecule has 0 aromatic heterocycles. The third-order valence-electron chi connectivity index (χ3n) is 7.80. The standard InChI is InChI=1S/C31H32N2O13/c1-15(34)44-25-24-14-43-31(40)33(24)28(27(46-17(3)36)26(25)45-16(2)35)41-13-23(29(37)38)32-30(39)42-12-22-20-10-6-4-8-18(20)19-9-5-7-11-21(19)22/h4-11,22-28H,12-14H2,1-3H3,(H,32,39)(H,37,38)/t23-,24+,25-,26-,27+,28+/m0/s1. The molecule has 0 unspecified atom stereocenters. The highest BCUT2D eigenvalue weighted by atomic mass is 16.6. The molecular formula is C31H32N2O13. The number of nitrogens with zero attached hydrogens (tertiary/aromatic N) is 1. The van der Waals surface area contributed by atoms with E-state index in [0.29, 0.717) is 0 Å². The maximum atomic E-state index is 12.8. The molecule has 46 heavy (non-hydrogen) atoms. The molecule has 15 heteroatoms. The topological polar surface area (TPSA) is 193 Å². The van der Waals surface area contributed by atoms with Crippen molar-refractivity contribution >= 4 is 36.1 Å². The van der Waals surface area contributed by atoms with Crippen molar-refractivity contribution in [3.05, 3.63) is 59.7 Å². The number of hydrogen-bond acceptors (Lipinski definition) is 12. The summed E-state index contributed by atoms with van der Waals surface area (Å²) >= 11 is 0. The van der Waals surface area contributed by atoms with Crippen molar-refractivity contribution in [2.24, 2.45) is 0 Å². The van der Waals surface area contributed by atoms with Gasteiger partial charge in [-0.15, -0.1) is 0 Å². The van der Waals surface area contributed by atoms with Crippen LogP contribution >= 0.6 is 0 Å². The molecule has 6 atom stereocenters. The van der Waals surface area contributed by atoms with Crippen molar-refractivity contribution in [2.75, 3.05) is 19.8 Å². The minimum atomic E-state index is -1.69. The monoisotopic (exact) mass is 640 g/mol. The van der Waals surface area contributed by atoms with Gasteiger partial charge in [0.25, 0.3) is 0 Å². The van der Waals surface area contributed by atoms with Gasteiger partial charge < -0.3 is 38.8 Å². The molecule has 0 radical (unpaired) electrons. The summed E-state index contributed by atoms with van der Waals surface area (Å²) in [5.41, 5.74) is 3.95. The van der Waals surface area contributed by atoms with Gasteiger partial charge in [0.2, 0.25) is 0 Å². The minimum absolute atomic E-state index is 0.0763. The zero-order valence-electron chi connectivity index (χ0n) is 25.1. The van der Waals surface area contributed by atoms with E-state index >= 15 is 0 Å². The van der Waals surface area contributed by atoms with Crippen LogP contribution in [0.2, 0.25) is 0 Å². The number of rotatable bonds is 10. The summed E-state index contributed by atoms with van der Waals surface area (Å²) in [6, 6.07) is 12.7. The summed E-state index contributed by atoms with van der Waals surface area (Å²) in [5.74, 6) is -4.23. The van der Waals surface area contributed by atoms with Gasteiger partial charge in [-0.1, -0.05) is 48.5 Å². The Labute approximate surface area is 262 Å². The van der Waals surface area contributed by atoms with Crippen LogP contribution in [-0.2, 0) is 47.6 Å². The molecule has 2 heterocycles. The van der Waals surface area contributed by atoms with Crippen molar-refractivity contribution < 1.29 is 62.3 Å². The van der Waals surface area contributed by atoms with Crippen LogP contribution in [-0.4, -0.2) is 103 Å². The maximum Gasteiger partial charge on any atom is 0.412 e. The average molecular weight is 641 g/mol. The Hall–Kier alpha value is -5.18. The highest BCUT2D eigenvalue weighted by Crippen LogP contribution is 2.44. The second-order valence-electron chi connectivity index (χ2n) is 10.9. The van der Waals surface area contributed by atoms with E-state index in [-0.39, 0.29) is 19.1 Å². The summed E-state index contributed by atoms with van der Waals surface area (Å²) in [7, 11) is 0. The van der Waals surface area contributed by atoms with Gasteiger partial charge in [-0.25, -0.2) is 14.4 Å². The van der Waals surface area contributed by atoms with Crippen LogP contribution in [0.1, 0.15) is 37.8 Å². The fraction of sp³-hybridized carbons (Fsp3) is 0.419. The zero-order valence-corrected chi connectivity index (χ0v) is 25.1. The number of aliphatic carboxylic acids is 1. The summed E-state index contributed by atoms with van der Waals surface area (Å²) in [6.45, 7) is 2.10. The number of benzene rings is 2. The molecule has 1 aliphatic carbocycles. The second-order valence-corrected chi connectivity index (χ2v) is 10.9. The minimum Gasteiger partial charge on any atom is -0.480 e. The Bertz CT molecular complexity index is 1500. The summed E-state index contributed by atoms with van der Waals surface area (Å²) in [4.78, 5) is 74.8. The molecule has 244 valence electrons. The van der Waals surface area contributed by atoms with Crippen molar-refractivity contribution in [3.8, 4) is 11.1 Å². The van der Waals surface area contributed by atoms with Gasteiger partial charge >= 0.3 is 36.1 Å². The van der Waals surface area contributed by atoms with Gasteiger partial charge in [-0.2, -0.15) is 0 Å². The third kappa shape index (κ3) is 6.59. The van der Waals surface area contributed by atoms with Crippen LogP contribution in [0.5, 0.6) is 0 Å². The largest absolute Gasteiger partial charge is 0.480 e. The first-order valence-corrected chi connectivity index (χ1v) is 14.4. The number of cyclic esters (lactones) is 1. The quantitative estimate of drug-likeness (QED) is 0.283. The molecule has 2 aromatic rings. The second kappa shape index (κ2) is 13.4. The first-order valence-electron chi connectivity index (χ1n) is 14.4. The van der Waals surface area contributed by atoms with Crippen LogP contribution in [0, 0.1) is 0 Å². The highest BCUT2D eigenvalue weighted by molar-refractivity contribution is 5.81. The number of amides is 2. The van der Waals surface area contributed by atoms with Crippen LogP contribution < -0.4 is 5.32 Å². The lowest BCUT2D eigenvalue weighted by Gasteiger charge is -2.47. The number of esters is 3. The first kappa shape index (κ1) is 32.2. The Balaban J connectivity index is 1.31. The Morgan fingerprint density at radius 3 is 1.98 bits per heavy atom. The van der Waals surface area contributed by atoms with E-state index in [9.17, 15) is 33.9 Å². The molecule has 2 aromatic carbocycles. The van der Waals surface area contributed by atoms with E-state index in [1.165, 1.54) is 0 Å². The van der Waals surface area contributed by atoms with E-state index < -0.39 is 79.3 Å². The van der Waals surface area contributed by atoms with Gasteiger partial charge in [0.05, 0.1) is 6.61 Å². The number of carboxylic acid groups (broad SMARTS) is 1. The van der Waals surface area contributed by atoms with Gasteiger partial charge in [0.15, 0.2) is 30.6 Å². The molecule has 0 bridgehead atoms. The lowest BCUT2D eigenvalue weighted by atomic mass is 9.92. The van der Waals surface area contributed by atoms with Gasteiger partial charge in [-0.3, -0.25) is 19.3 Å². The van der Waals surface area contributed by atoms with Crippen LogP contribution in [0.15, 0.2) is 48.5 Å². The summed E-state index contributed by atoms with van der Waals surface area (Å²) < 4.78 is 32.5.